The first-order valence-corrected chi connectivity index (χ1v) is 7.10. The monoisotopic (exact) mass is 315 g/mol. The van der Waals surface area contributed by atoms with Gasteiger partial charge in [-0.3, -0.25) is 0 Å². The number of benzene rings is 1. The van der Waals surface area contributed by atoms with Crippen LogP contribution in [-0.4, -0.2) is 24.4 Å². The molecule has 18 heavy (non-hydrogen) atoms. The molecular formula is C14H22BrNO2. The van der Waals surface area contributed by atoms with E-state index < -0.39 is 0 Å². The fourth-order valence-corrected chi connectivity index (χ4v) is 2.31. The first kappa shape index (κ1) is 15.5. The molecule has 0 spiro atoms. The summed E-state index contributed by atoms with van der Waals surface area (Å²) in [6.45, 7) is 7.78. The highest BCUT2D eigenvalue weighted by Crippen LogP contribution is 2.28. The normalized spacial score (nSPS) is 11.0. The fraction of sp³-hybridized carbons (Fsp3) is 0.571. The highest BCUT2D eigenvalue weighted by molar-refractivity contribution is 9.10. The van der Waals surface area contributed by atoms with Crippen LogP contribution in [0.4, 0.5) is 0 Å². The van der Waals surface area contributed by atoms with Gasteiger partial charge in [0.15, 0.2) is 0 Å². The molecule has 0 heterocycles. The SMILES string of the molecule is Cc1cc(Br)cc(CNC(C)C)c1OCCCO. The Bertz CT molecular complexity index is 380. The third-order valence-corrected chi connectivity index (χ3v) is 3.02. The lowest BCUT2D eigenvalue weighted by Crippen LogP contribution is -2.22. The molecule has 0 aliphatic rings. The van der Waals surface area contributed by atoms with Crippen molar-refractivity contribution in [1.82, 2.24) is 5.32 Å². The van der Waals surface area contributed by atoms with E-state index in [0.29, 0.717) is 19.1 Å². The van der Waals surface area contributed by atoms with E-state index in [1.165, 1.54) is 0 Å². The van der Waals surface area contributed by atoms with Gasteiger partial charge in [-0.1, -0.05) is 29.8 Å². The number of nitrogens with one attached hydrogen (secondary N) is 1. The summed E-state index contributed by atoms with van der Waals surface area (Å²) in [4.78, 5) is 0. The zero-order chi connectivity index (χ0) is 13.5. The highest BCUT2D eigenvalue weighted by atomic mass is 79.9. The smallest absolute Gasteiger partial charge is 0.126 e. The number of rotatable bonds is 7. The molecular weight excluding hydrogens is 294 g/mol. The Morgan fingerprint density at radius 3 is 2.72 bits per heavy atom. The van der Waals surface area contributed by atoms with Gasteiger partial charge >= 0.3 is 0 Å². The van der Waals surface area contributed by atoms with Gasteiger partial charge in [0.25, 0.3) is 0 Å². The van der Waals surface area contributed by atoms with Gasteiger partial charge in [-0.25, -0.2) is 0 Å². The zero-order valence-corrected chi connectivity index (χ0v) is 12.9. The maximum Gasteiger partial charge on any atom is 0.126 e. The summed E-state index contributed by atoms with van der Waals surface area (Å²) in [5.74, 6) is 0.930. The molecule has 0 aromatic heterocycles. The van der Waals surface area contributed by atoms with Gasteiger partial charge in [-0.15, -0.1) is 0 Å². The number of halogens is 1. The van der Waals surface area contributed by atoms with Crippen LogP contribution in [0, 0.1) is 6.92 Å². The molecule has 3 nitrogen and oxygen atoms in total. The number of aliphatic hydroxyl groups is 1. The van der Waals surface area contributed by atoms with E-state index in [4.69, 9.17) is 9.84 Å². The van der Waals surface area contributed by atoms with E-state index in [0.717, 1.165) is 27.9 Å². The van der Waals surface area contributed by atoms with E-state index in [9.17, 15) is 0 Å². The van der Waals surface area contributed by atoms with Gasteiger partial charge < -0.3 is 15.2 Å². The van der Waals surface area contributed by atoms with Crippen LogP contribution in [0.5, 0.6) is 5.75 Å². The van der Waals surface area contributed by atoms with Crippen molar-refractivity contribution in [3.05, 3.63) is 27.7 Å². The van der Waals surface area contributed by atoms with E-state index in [-0.39, 0.29) is 6.61 Å². The summed E-state index contributed by atoms with van der Waals surface area (Å²) in [6, 6.07) is 4.57. The molecule has 1 aromatic rings. The standard InChI is InChI=1S/C14H22BrNO2/c1-10(2)16-9-12-8-13(15)7-11(3)14(12)18-6-4-5-17/h7-8,10,16-17H,4-6,9H2,1-3H3. The van der Waals surface area contributed by atoms with Crippen LogP contribution < -0.4 is 10.1 Å². The fourth-order valence-electron chi connectivity index (χ4n) is 1.69. The average molecular weight is 316 g/mol. The van der Waals surface area contributed by atoms with E-state index in [1.807, 2.05) is 13.0 Å². The molecule has 0 aliphatic heterocycles. The van der Waals surface area contributed by atoms with Gasteiger partial charge in [-0.2, -0.15) is 0 Å². The van der Waals surface area contributed by atoms with Crippen molar-refractivity contribution in [3.63, 3.8) is 0 Å². The van der Waals surface area contributed by atoms with Crippen LogP contribution in [0.25, 0.3) is 0 Å². The summed E-state index contributed by atoms with van der Waals surface area (Å²) >= 11 is 3.51. The molecule has 0 fully saturated rings. The van der Waals surface area contributed by atoms with Gasteiger partial charge in [0.2, 0.25) is 0 Å². The van der Waals surface area contributed by atoms with Crippen molar-refractivity contribution in [2.24, 2.45) is 0 Å². The summed E-state index contributed by atoms with van der Waals surface area (Å²) in [6.07, 6.45) is 0.659. The highest BCUT2D eigenvalue weighted by Gasteiger charge is 2.09. The molecule has 4 heteroatoms. The average Bonchev–Trinajstić information content (AvgIpc) is 2.29. The number of aryl methyl sites for hydroxylation is 1. The minimum absolute atomic E-state index is 0.162. The molecule has 0 bridgehead atoms. The molecule has 0 amide bonds. The third-order valence-electron chi connectivity index (χ3n) is 2.57. The molecule has 102 valence electrons. The number of hydrogen-bond acceptors (Lipinski definition) is 3. The molecule has 0 unspecified atom stereocenters. The summed E-state index contributed by atoms with van der Waals surface area (Å²) < 4.78 is 6.84. The van der Waals surface area contributed by atoms with Crippen LogP contribution in [-0.2, 0) is 6.54 Å². The van der Waals surface area contributed by atoms with Crippen LogP contribution in [0.15, 0.2) is 16.6 Å². The van der Waals surface area contributed by atoms with E-state index >= 15 is 0 Å². The Balaban J connectivity index is 2.83. The molecule has 0 saturated carbocycles. The predicted octanol–water partition coefficient (Wildman–Crippen LogP) is 3.02. The van der Waals surface area contributed by atoms with Crippen LogP contribution in [0.3, 0.4) is 0 Å². The first-order chi connectivity index (χ1) is 8.54. The first-order valence-electron chi connectivity index (χ1n) is 6.30. The Morgan fingerprint density at radius 2 is 2.11 bits per heavy atom. The summed E-state index contributed by atoms with van der Waals surface area (Å²) in [5.41, 5.74) is 2.26. The van der Waals surface area contributed by atoms with Gasteiger partial charge in [-0.05, 0) is 24.6 Å². The lowest BCUT2D eigenvalue weighted by atomic mass is 10.1. The van der Waals surface area contributed by atoms with Crippen molar-refractivity contribution in [1.29, 1.82) is 0 Å². The van der Waals surface area contributed by atoms with Crippen LogP contribution in [0.1, 0.15) is 31.4 Å². The van der Waals surface area contributed by atoms with Crippen molar-refractivity contribution < 1.29 is 9.84 Å². The Labute approximate surface area is 118 Å². The van der Waals surface area contributed by atoms with Crippen molar-refractivity contribution in [2.45, 2.75) is 39.8 Å². The lowest BCUT2D eigenvalue weighted by molar-refractivity contribution is 0.231. The minimum Gasteiger partial charge on any atom is -0.493 e. The van der Waals surface area contributed by atoms with Crippen LogP contribution in [0.2, 0.25) is 0 Å². The zero-order valence-electron chi connectivity index (χ0n) is 11.3. The van der Waals surface area contributed by atoms with Gasteiger partial charge in [0, 0.05) is 35.7 Å². The second-order valence-electron chi connectivity index (χ2n) is 4.67. The van der Waals surface area contributed by atoms with Crippen molar-refractivity contribution in [2.75, 3.05) is 13.2 Å². The molecule has 1 aromatic carbocycles. The third kappa shape index (κ3) is 4.96. The van der Waals surface area contributed by atoms with E-state index in [1.54, 1.807) is 0 Å². The summed E-state index contributed by atoms with van der Waals surface area (Å²) in [5, 5.41) is 12.2. The molecule has 0 aliphatic carbocycles. The Kier molecular flexibility index (Phi) is 6.68. The molecule has 2 N–H and O–H groups in total. The van der Waals surface area contributed by atoms with Crippen molar-refractivity contribution in [3.8, 4) is 5.75 Å². The number of ether oxygens (including phenoxy) is 1. The van der Waals surface area contributed by atoms with Gasteiger partial charge in [0.1, 0.15) is 5.75 Å². The number of aliphatic hydroxyl groups excluding tert-OH is 1. The quantitative estimate of drug-likeness (QED) is 0.760. The van der Waals surface area contributed by atoms with Gasteiger partial charge in [0.05, 0.1) is 6.61 Å². The minimum atomic E-state index is 0.162. The molecule has 1 rings (SSSR count). The summed E-state index contributed by atoms with van der Waals surface area (Å²) in [7, 11) is 0. The largest absolute Gasteiger partial charge is 0.493 e. The lowest BCUT2D eigenvalue weighted by Gasteiger charge is -2.16. The van der Waals surface area contributed by atoms with Crippen molar-refractivity contribution >= 4 is 15.9 Å². The van der Waals surface area contributed by atoms with Crippen LogP contribution >= 0.6 is 15.9 Å². The molecule has 0 atom stereocenters. The van der Waals surface area contributed by atoms with E-state index in [2.05, 4.69) is 41.2 Å². The molecule has 0 radical (unpaired) electrons. The maximum atomic E-state index is 8.80. The second-order valence-corrected chi connectivity index (χ2v) is 5.59. The Morgan fingerprint density at radius 1 is 1.39 bits per heavy atom. The maximum absolute atomic E-state index is 8.80. The second kappa shape index (κ2) is 7.77. The predicted molar refractivity (Wildman–Crippen MR) is 78.1 cm³/mol. The number of hydrogen-bond donors (Lipinski definition) is 2. The molecule has 0 saturated heterocycles. The topological polar surface area (TPSA) is 41.5 Å². The Hall–Kier alpha value is -0.580.